The summed E-state index contributed by atoms with van der Waals surface area (Å²) in [5.74, 6) is 0. The summed E-state index contributed by atoms with van der Waals surface area (Å²) in [6, 6.07) is 23.9. The summed E-state index contributed by atoms with van der Waals surface area (Å²) in [5, 5.41) is 0. The molecule has 6 rings (SSSR count). The van der Waals surface area contributed by atoms with Gasteiger partial charge in [0, 0.05) is 0 Å². The SMILES string of the molecule is CC.CC.CC.CC.CC.CC1=CC=C(C)C1.CC1=CCC(C)=C1.CC1=Cc2cc(C)ccc2C1.Cc1ccc(-c2ccc(C)cc2)cc1. The van der Waals surface area contributed by atoms with Gasteiger partial charge in [0.05, 0.1) is 0 Å². The van der Waals surface area contributed by atoms with E-state index >= 15 is 0 Å². The topological polar surface area (TPSA) is 0 Å². The van der Waals surface area contributed by atoms with E-state index in [0.717, 1.165) is 6.42 Å². The first-order valence-corrected chi connectivity index (χ1v) is 19.2. The molecule has 49 heavy (non-hydrogen) atoms. The summed E-state index contributed by atoms with van der Waals surface area (Å²) in [5.41, 5.74) is 16.8. The summed E-state index contributed by atoms with van der Waals surface area (Å²) in [4.78, 5) is 0. The number of hydrogen-bond acceptors (Lipinski definition) is 0. The zero-order chi connectivity index (χ0) is 38.4. The molecule has 0 fully saturated rings. The smallest absolute Gasteiger partial charge is 0.00606 e. The number of fused-ring (bicyclic) bond motifs is 1. The lowest BCUT2D eigenvalue weighted by atomic mass is 10.0. The van der Waals surface area contributed by atoms with Crippen molar-refractivity contribution in [1.29, 1.82) is 0 Å². The highest BCUT2D eigenvalue weighted by Crippen LogP contribution is 2.25. The van der Waals surface area contributed by atoms with Gasteiger partial charge in [-0.25, -0.2) is 0 Å². The van der Waals surface area contributed by atoms with Crippen molar-refractivity contribution < 1.29 is 0 Å². The van der Waals surface area contributed by atoms with Gasteiger partial charge in [-0.2, -0.15) is 0 Å². The van der Waals surface area contributed by atoms with Gasteiger partial charge in [0.1, 0.15) is 0 Å². The second-order valence-corrected chi connectivity index (χ2v) is 11.4. The van der Waals surface area contributed by atoms with Crippen LogP contribution in [0.5, 0.6) is 0 Å². The third-order valence-electron chi connectivity index (χ3n) is 7.04. The normalized spacial score (nSPS) is 12.2. The lowest BCUT2D eigenvalue weighted by molar-refractivity contribution is 1.15. The van der Waals surface area contributed by atoms with E-state index in [1.807, 2.05) is 69.2 Å². The Morgan fingerprint density at radius 2 is 0.796 bits per heavy atom. The Balaban J connectivity index is -0.000000545. The van der Waals surface area contributed by atoms with Gasteiger partial charge in [0.25, 0.3) is 0 Å². The standard InChI is InChI=1S/C14H14.C11H12.2C7H10.5C2H6/c1-11-3-7-13(8-4-11)14-9-5-12(2)6-10-14;1-8-3-4-10-6-9(2)7-11(10)5-8;2*1-6-3-4-7(2)5-6;5*1-2/h3-10H,1-2H3;3-5,7H,6H2,1-2H3;3,5H,4H2,1-2H3;3-4H,5H2,1-2H3;5*1-2H3. The van der Waals surface area contributed by atoms with Gasteiger partial charge in [-0.1, -0.05) is 211 Å². The highest BCUT2D eigenvalue weighted by Gasteiger charge is 2.08. The molecule has 3 aromatic carbocycles. The number of benzene rings is 3. The van der Waals surface area contributed by atoms with Crippen molar-refractivity contribution in [2.75, 3.05) is 0 Å². The monoisotopic (exact) mass is 665 g/mol. The number of aryl methyl sites for hydroxylation is 3. The van der Waals surface area contributed by atoms with Crippen molar-refractivity contribution in [3.05, 3.63) is 147 Å². The predicted molar refractivity (Wildman–Crippen MR) is 231 cm³/mol. The second-order valence-electron chi connectivity index (χ2n) is 11.4. The van der Waals surface area contributed by atoms with Crippen molar-refractivity contribution >= 4 is 6.08 Å². The van der Waals surface area contributed by atoms with Crippen LogP contribution in [0.15, 0.2) is 119 Å². The lowest BCUT2D eigenvalue weighted by Gasteiger charge is -2.02. The molecule has 0 saturated carbocycles. The Morgan fingerprint density at radius 1 is 0.388 bits per heavy atom. The molecule has 0 aromatic heterocycles. The van der Waals surface area contributed by atoms with Crippen molar-refractivity contribution in [3.63, 3.8) is 0 Å². The highest BCUT2D eigenvalue weighted by atomic mass is 14.1. The van der Waals surface area contributed by atoms with E-state index < -0.39 is 0 Å². The molecule has 0 saturated heterocycles. The average molecular weight is 665 g/mol. The first-order chi connectivity index (χ1) is 23.6. The van der Waals surface area contributed by atoms with Gasteiger partial charge >= 0.3 is 0 Å². The van der Waals surface area contributed by atoms with Crippen LogP contribution in [0, 0.1) is 20.8 Å². The number of allylic oxidation sites excluding steroid dienone is 9. The largest absolute Gasteiger partial charge is 0.0775 e. The summed E-state index contributed by atoms with van der Waals surface area (Å²) >= 11 is 0. The molecule has 0 heterocycles. The van der Waals surface area contributed by atoms with E-state index in [9.17, 15) is 0 Å². The molecule has 272 valence electrons. The van der Waals surface area contributed by atoms with Crippen molar-refractivity contribution in [2.24, 2.45) is 0 Å². The average Bonchev–Trinajstić information content (AvgIpc) is 3.84. The minimum atomic E-state index is 1.15. The summed E-state index contributed by atoms with van der Waals surface area (Å²) in [7, 11) is 0. The molecule has 0 spiro atoms. The molecule has 0 radical (unpaired) electrons. The van der Waals surface area contributed by atoms with Crippen LogP contribution in [-0.4, -0.2) is 0 Å². The quantitative estimate of drug-likeness (QED) is 0.243. The Morgan fingerprint density at radius 3 is 1.10 bits per heavy atom. The van der Waals surface area contributed by atoms with Crippen LogP contribution in [0.4, 0.5) is 0 Å². The molecule has 0 aliphatic heterocycles. The fraction of sp³-hybridized carbons (Fsp3) is 0.429. The van der Waals surface area contributed by atoms with E-state index in [0.29, 0.717) is 0 Å². The number of rotatable bonds is 1. The van der Waals surface area contributed by atoms with Crippen LogP contribution in [0.25, 0.3) is 17.2 Å². The Kier molecular flexibility index (Phi) is 32.1. The molecule has 3 aliphatic carbocycles. The Hall–Kier alpha value is -3.64. The maximum atomic E-state index is 2.28. The van der Waals surface area contributed by atoms with Crippen molar-refractivity contribution in [1.82, 2.24) is 0 Å². The van der Waals surface area contributed by atoms with E-state index in [4.69, 9.17) is 0 Å². The first kappa shape index (κ1) is 49.7. The zero-order valence-electron chi connectivity index (χ0n) is 35.4. The van der Waals surface area contributed by atoms with Gasteiger partial charge < -0.3 is 0 Å². The summed E-state index contributed by atoms with van der Waals surface area (Å²) in [6.07, 6.45) is 14.6. The Labute approximate surface area is 306 Å². The summed E-state index contributed by atoms with van der Waals surface area (Å²) in [6.45, 7) is 37.2. The van der Waals surface area contributed by atoms with E-state index in [1.165, 1.54) is 79.7 Å². The van der Waals surface area contributed by atoms with Gasteiger partial charge in [0.2, 0.25) is 0 Å². The molecule has 0 unspecified atom stereocenters. The molecular weight excluding hydrogens is 589 g/mol. The maximum absolute atomic E-state index is 2.28. The van der Waals surface area contributed by atoms with Crippen LogP contribution >= 0.6 is 0 Å². The fourth-order valence-corrected chi connectivity index (χ4v) is 4.79. The van der Waals surface area contributed by atoms with Gasteiger partial charge in [-0.05, 0) is 96.9 Å². The fourth-order valence-electron chi connectivity index (χ4n) is 4.79. The molecular formula is C49H76. The molecule has 0 heteroatoms. The van der Waals surface area contributed by atoms with E-state index in [-0.39, 0.29) is 0 Å². The molecule has 0 N–H and O–H groups in total. The lowest BCUT2D eigenvalue weighted by Crippen LogP contribution is -1.82. The van der Waals surface area contributed by atoms with E-state index in [1.54, 1.807) is 0 Å². The van der Waals surface area contributed by atoms with Crippen LogP contribution < -0.4 is 0 Å². The third-order valence-corrected chi connectivity index (χ3v) is 7.04. The van der Waals surface area contributed by atoms with Crippen LogP contribution in [0.1, 0.15) is 145 Å². The minimum Gasteiger partial charge on any atom is -0.0775 e. The summed E-state index contributed by atoms with van der Waals surface area (Å²) < 4.78 is 0. The van der Waals surface area contributed by atoms with Gasteiger partial charge in [0.15, 0.2) is 0 Å². The van der Waals surface area contributed by atoms with E-state index in [2.05, 4.69) is 153 Å². The van der Waals surface area contributed by atoms with Gasteiger partial charge in [-0.15, -0.1) is 0 Å². The highest BCUT2D eigenvalue weighted by molar-refractivity contribution is 5.64. The maximum Gasteiger partial charge on any atom is -0.00606 e. The molecule has 0 atom stereocenters. The molecule has 0 bridgehead atoms. The van der Waals surface area contributed by atoms with Crippen LogP contribution in [-0.2, 0) is 6.42 Å². The van der Waals surface area contributed by atoms with Crippen LogP contribution in [0.2, 0.25) is 0 Å². The van der Waals surface area contributed by atoms with Crippen molar-refractivity contribution in [2.45, 2.75) is 144 Å². The molecule has 0 nitrogen and oxygen atoms in total. The second kappa shape index (κ2) is 31.6. The zero-order valence-corrected chi connectivity index (χ0v) is 35.4. The minimum absolute atomic E-state index is 1.15. The van der Waals surface area contributed by atoms with Gasteiger partial charge in [-0.3, -0.25) is 0 Å². The van der Waals surface area contributed by atoms with Crippen molar-refractivity contribution in [3.8, 4) is 11.1 Å². The third kappa shape index (κ3) is 22.6. The number of hydrogen-bond donors (Lipinski definition) is 0. The molecule has 3 aromatic rings. The predicted octanol–water partition coefficient (Wildman–Crippen LogP) is 16.6. The molecule has 3 aliphatic rings. The molecule has 0 amide bonds. The Bertz CT molecular complexity index is 1340. The first-order valence-electron chi connectivity index (χ1n) is 19.2. The van der Waals surface area contributed by atoms with Crippen LogP contribution in [0.3, 0.4) is 0 Å².